The second-order valence-corrected chi connectivity index (χ2v) is 4.11. The second kappa shape index (κ2) is 6.38. The lowest BCUT2D eigenvalue weighted by Crippen LogP contribution is -2.48. The number of ether oxygens (including phenoxy) is 1. The van der Waals surface area contributed by atoms with Crippen molar-refractivity contribution in [3.05, 3.63) is 0 Å². The minimum absolute atomic E-state index is 0.453. The molecule has 1 saturated heterocycles. The normalized spacial score (nSPS) is 26.4. The van der Waals surface area contributed by atoms with Gasteiger partial charge in [0.15, 0.2) is 0 Å². The SMILES string of the molecule is CCC(CNC)N1CCCC(OC)C1. The number of nitrogens with one attached hydrogen (secondary N) is 1. The van der Waals surface area contributed by atoms with Gasteiger partial charge in [-0.1, -0.05) is 6.92 Å². The number of likely N-dealkylation sites (N-methyl/N-ethyl adjacent to an activating group) is 1. The minimum atomic E-state index is 0.453. The largest absolute Gasteiger partial charge is 0.380 e. The predicted molar refractivity (Wildman–Crippen MR) is 59.6 cm³/mol. The van der Waals surface area contributed by atoms with E-state index in [0.29, 0.717) is 12.1 Å². The van der Waals surface area contributed by atoms with Crippen LogP contribution in [0.4, 0.5) is 0 Å². The first kappa shape index (κ1) is 12.0. The summed E-state index contributed by atoms with van der Waals surface area (Å²) in [6.45, 7) is 5.70. The fourth-order valence-electron chi connectivity index (χ4n) is 2.26. The molecular weight excluding hydrogens is 176 g/mol. The summed E-state index contributed by atoms with van der Waals surface area (Å²) in [7, 11) is 3.85. The molecule has 1 aliphatic rings. The van der Waals surface area contributed by atoms with Crippen LogP contribution in [0.5, 0.6) is 0 Å². The van der Waals surface area contributed by atoms with Crippen molar-refractivity contribution in [2.75, 3.05) is 33.8 Å². The summed E-state index contributed by atoms with van der Waals surface area (Å²) >= 11 is 0. The van der Waals surface area contributed by atoms with Gasteiger partial charge in [0, 0.05) is 26.2 Å². The maximum atomic E-state index is 5.43. The van der Waals surface area contributed by atoms with Gasteiger partial charge in [0.25, 0.3) is 0 Å². The molecule has 0 bridgehead atoms. The topological polar surface area (TPSA) is 24.5 Å². The lowest BCUT2D eigenvalue weighted by molar-refractivity contribution is 0.0142. The number of hydrogen-bond acceptors (Lipinski definition) is 3. The van der Waals surface area contributed by atoms with Gasteiger partial charge in [-0.15, -0.1) is 0 Å². The van der Waals surface area contributed by atoms with Crippen molar-refractivity contribution in [1.29, 1.82) is 0 Å². The third-order valence-electron chi connectivity index (χ3n) is 3.17. The summed E-state index contributed by atoms with van der Waals surface area (Å²) in [6.07, 6.45) is 4.17. The third-order valence-corrected chi connectivity index (χ3v) is 3.17. The highest BCUT2D eigenvalue weighted by molar-refractivity contribution is 4.79. The first-order chi connectivity index (χ1) is 6.81. The van der Waals surface area contributed by atoms with Crippen molar-refractivity contribution < 1.29 is 4.74 Å². The molecule has 1 heterocycles. The highest BCUT2D eigenvalue weighted by atomic mass is 16.5. The predicted octanol–water partition coefficient (Wildman–Crippen LogP) is 1.10. The van der Waals surface area contributed by atoms with Crippen LogP contribution in [0, 0.1) is 0 Å². The lowest BCUT2D eigenvalue weighted by Gasteiger charge is -2.37. The summed E-state index contributed by atoms with van der Waals surface area (Å²) in [5.74, 6) is 0. The molecule has 1 N–H and O–H groups in total. The Balaban J connectivity index is 2.40. The van der Waals surface area contributed by atoms with Gasteiger partial charge < -0.3 is 10.1 Å². The standard InChI is InChI=1S/C11H24N2O/c1-4-10(8-12-2)13-7-5-6-11(9-13)14-3/h10-12H,4-9H2,1-3H3. The average molecular weight is 200 g/mol. The zero-order valence-electron chi connectivity index (χ0n) is 9.75. The van der Waals surface area contributed by atoms with Crippen LogP contribution in [-0.2, 0) is 4.74 Å². The van der Waals surface area contributed by atoms with E-state index in [4.69, 9.17) is 4.74 Å². The summed E-state index contributed by atoms with van der Waals surface area (Å²) in [5.41, 5.74) is 0. The molecule has 0 aliphatic carbocycles. The van der Waals surface area contributed by atoms with Gasteiger partial charge in [0.05, 0.1) is 6.10 Å². The molecule has 3 heteroatoms. The van der Waals surface area contributed by atoms with Crippen molar-refractivity contribution in [3.8, 4) is 0 Å². The molecule has 0 radical (unpaired) electrons. The third kappa shape index (κ3) is 3.23. The van der Waals surface area contributed by atoms with Gasteiger partial charge in [-0.05, 0) is 32.9 Å². The molecule has 2 unspecified atom stereocenters. The van der Waals surface area contributed by atoms with E-state index in [-0.39, 0.29) is 0 Å². The Labute approximate surface area is 87.8 Å². The highest BCUT2D eigenvalue weighted by Crippen LogP contribution is 2.16. The van der Waals surface area contributed by atoms with Gasteiger partial charge in [-0.2, -0.15) is 0 Å². The number of likely N-dealkylation sites (tertiary alicyclic amines) is 1. The molecule has 0 aromatic carbocycles. The van der Waals surface area contributed by atoms with Gasteiger partial charge in [-0.3, -0.25) is 4.90 Å². The fraction of sp³-hybridized carbons (Fsp3) is 1.00. The van der Waals surface area contributed by atoms with E-state index in [0.717, 1.165) is 13.1 Å². The molecule has 14 heavy (non-hydrogen) atoms. The monoisotopic (exact) mass is 200 g/mol. The van der Waals surface area contributed by atoms with Crippen LogP contribution in [0.3, 0.4) is 0 Å². The van der Waals surface area contributed by atoms with Crippen LogP contribution >= 0.6 is 0 Å². The second-order valence-electron chi connectivity index (χ2n) is 4.11. The smallest absolute Gasteiger partial charge is 0.0698 e. The van der Waals surface area contributed by atoms with Crippen LogP contribution in [0.25, 0.3) is 0 Å². The molecule has 1 aliphatic heterocycles. The molecule has 2 atom stereocenters. The Kier molecular flexibility index (Phi) is 5.45. The van der Waals surface area contributed by atoms with Gasteiger partial charge in [0.1, 0.15) is 0 Å². The molecular formula is C11H24N2O. The van der Waals surface area contributed by atoms with Crippen LogP contribution < -0.4 is 5.32 Å². The molecule has 0 spiro atoms. The van der Waals surface area contributed by atoms with Crippen LogP contribution in [0.15, 0.2) is 0 Å². The number of nitrogens with zero attached hydrogens (tertiary/aromatic N) is 1. The van der Waals surface area contributed by atoms with Gasteiger partial charge in [0.2, 0.25) is 0 Å². The van der Waals surface area contributed by atoms with Crippen LogP contribution in [0.1, 0.15) is 26.2 Å². The quantitative estimate of drug-likeness (QED) is 0.719. The molecule has 84 valence electrons. The van der Waals surface area contributed by atoms with Crippen molar-refractivity contribution in [2.24, 2.45) is 0 Å². The molecule has 0 amide bonds. The molecule has 0 aromatic heterocycles. The maximum absolute atomic E-state index is 5.43. The minimum Gasteiger partial charge on any atom is -0.380 e. The summed E-state index contributed by atoms with van der Waals surface area (Å²) in [6, 6.07) is 0.679. The zero-order chi connectivity index (χ0) is 10.4. The fourth-order valence-corrected chi connectivity index (χ4v) is 2.26. The van der Waals surface area contributed by atoms with E-state index in [9.17, 15) is 0 Å². The summed E-state index contributed by atoms with van der Waals surface area (Å²) in [4.78, 5) is 2.56. The van der Waals surface area contributed by atoms with Crippen LogP contribution in [0.2, 0.25) is 0 Å². The number of methoxy groups -OCH3 is 1. The van der Waals surface area contributed by atoms with Crippen molar-refractivity contribution in [1.82, 2.24) is 10.2 Å². The summed E-state index contributed by atoms with van der Waals surface area (Å²) in [5, 5.41) is 3.27. The Morgan fingerprint density at radius 3 is 2.93 bits per heavy atom. The molecule has 0 saturated carbocycles. The Hall–Kier alpha value is -0.120. The van der Waals surface area contributed by atoms with Crippen molar-refractivity contribution >= 4 is 0 Å². The van der Waals surface area contributed by atoms with Crippen molar-refractivity contribution in [2.45, 2.75) is 38.3 Å². The Bertz CT molecular complexity index is 152. The van der Waals surface area contributed by atoms with E-state index in [1.165, 1.54) is 25.8 Å². The molecule has 0 aromatic rings. The zero-order valence-corrected chi connectivity index (χ0v) is 9.75. The molecule has 1 fully saturated rings. The number of hydrogen-bond donors (Lipinski definition) is 1. The number of piperidine rings is 1. The molecule has 3 nitrogen and oxygen atoms in total. The van der Waals surface area contributed by atoms with E-state index in [1.54, 1.807) is 0 Å². The van der Waals surface area contributed by atoms with Crippen molar-refractivity contribution in [3.63, 3.8) is 0 Å². The van der Waals surface area contributed by atoms with Crippen LogP contribution in [-0.4, -0.2) is 50.8 Å². The van der Waals surface area contributed by atoms with E-state index < -0.39 is 0 Å². The van der Waals surface area contributed by atoms with E-state index in [1.807, 2.05) is 14.2 Å². The highest BCUT2D eigenvalue weighted by Gasteiger charge is 2.24. The first-order valence-corrected chi connectivity index (χ1v) is 5.73. The summed E-state index contributed by atoms with van der Waals surface area (Å²) < 4.78 is 5.43. The maximum Gasteiger partial charge on any atom is 0.0698 e. The van der Waals surface area contributed by atoms with Gasteiger partial charge >= 0.3 is 0 Å². The lowest BCUT2D eigenvalue weighted by atomic mass is 10.0. The number of rotatable bonds is 5. The van der Waals surface area contributed by atoms with Gasteiger partial charge in [-0.25, -0.2) is 0 Å². The molecule has 1 rings (SSSR count). The Morgan fingerprint density at radius 1 is 1.57 bits per heavy atom. The Morgan fingerprint density at radius 2 is 2.36 bits per heavy atom. The average Bonchev–Trinajstić information content (AvgIpc) is 2.26. The van der Waals surface area contributed by atoms with E-state index >= 15 is 0 Å². The first-order valence-electron chi connectivity index (χ1n) is 5.73. The van der Waals surface area contributed by atoms with E-state index in [2.05, 4.69) is 17.1 Å².